The second kappa shape index (κ2) is 9.41. The zero-order valence-corrected chi connectivity index (χ0v) is 19.2. The van der Waals surface area contributed by atoms with Crippen LogP contribution in [0.25, 0.3) is 0 Å². The fraction of sp³-hybridized carbons (Fsp3) is 0.480. The molecular weight excluding hydrogens is 460 g/mol. The van der Waals surface area contributed by atoms with Gasteiger partial charge in [0, 0.05) is 37.5 Å². The van der Waals surface area contributed by atoms with Gasteiger partial charge in [-0.3, -0.25) is 14.4 Å². The third kappa shape index (κ3) is 4.42. The van der Waals surface area contributed by atoms with Crippen molar-refractivity contribution in [2.45, 2.75) is 51.4 Å². The van der Waals surface area contributed by atoms with Crippen molar-refractivity contribution in [3.05, 3.63) is 63.1 Å². The summed E-state index contributed by atoms with van der Waals surface area (Å²) in [6.07, 6.45) is 5.74. The first kappa shape index (κ1) is 23.5. The number of hydrogen-bond acceptors (Lipinski definition) is 5. The van der Waals surface area contributed by atoms with E-state index in [4.69, 9.17) is 4.74 Å². The van der Waals surface area contributed by atoms with Gasteiger partial charge >= 0.3 is 0 Å². The molecular formula is C25H27F2N3O5. The largest absolute Gasteiger partial charge is 0.503 e. The summed E-state index contributed by atoms with van der Waals surface area (Å²) in [4.78, 5) is 42.3. The Hall–Kier alpha value is -3.27. The summed E-state index contributed by atoms with van der Waals surface area (Å²) in [6.45, 7) is 1.03. The highest BCUT2D eigenvalue weighted by molar-refractivity contribution is 5.99. The molecule has 1 aromatic heterocycles. The number of hydrogen-bond donors (Lipinski definition) is 1. The smallest absolute Gasteiger partial charge is 0.276 e. The van der Waals surface area contributed by atoms with E-state index in [1.165, 1.54) is 26.6 Å². The van der Waals surface area contributed by atoms with Crippen LogP contribution in [0.5, 0.6) is 5.75 Å². The van der Waals surface area contributed by atoms with Crippen LogP contribution in [0.15, 0.2) is 29.2 Å². The predicted molar refractivity (Wildman–Crippen MR) is 121 cm³/mol. The Morgan fingerprint density at radius 2 is 1.94 bits per heavy atom. The van der Waals surface area contributed by atoms with Gasteiger partial charge < -0.3 is 24.2 Å². The lowest BCUT2D eigenvalue weighted by Gasteiger charge is -2.32. The maximum absolute atomic E-state index is 14.5. The molecule has 1 unspecified atom stereocenters. The molecule has 0 radical (unpaired) electrons. The Kier molecular flexibility index (Phi) is 6.31. The second-order valence-corrected chi connectivity index (χ2v) is 9.47. The van der Waals surface area contributed by atoms with Gasteiger partial charge in [0.05, 0.1) is 13.2 Å². The molecule has 8 nitrogen and oxygen atoms in total. The molecule has 10 heteroatoms. The van der Waals surface area contributed by atoms with E-state index in [0.29, 0.717) is 19.7 Å². The molecule has 2 amide bonds. The van der Waals surface area contributed by atoms with Crippen LogP contribution in [0.3, 0.4) is 0 Å². The Labute approximate surface area is 200 Å². The van der Waals surface area contributed by atoms with Crippen molar-refractivity contribution in [2.75, 3.05) is 19.7 Å². The summed E-state index contributed by atoms with van der Waals surface area (Å²) in [5.41, 5.74) is -1.29. The van der Waals surface area contributed by atoms with Crippen LogP contribution in [-0.2, 0) is 17.8 Å². The number of carbonyl (C=O) groups excluding carboxylic acids is 2. The number of benzene rings is 1. The quantitative estimate of drug-likeness (QED) is 0.700. The normalized spacial score (nSPS) is 20.0. The highest BCUT2D eigenvalue weighted by Crippen LogP contribution is 2.29. The maximum atomic E-state index is 14.5. The summed E-state index contributed by atoms with van der Waals surface area (Å²) in [7, 11) is 0. The Morgan fingerprint density at radius 3 is 2.69 bits per heavy atom. The highest BCUT2D eigenvalue weighted by atomic mass is 19.1. The van der Waals surface area contributed by atoms with Crippen molar-refractivity contribution >= 4 is 11.8 Å². The van der Waals surface area contributed by atoms with Gasteiger partial charge in [-0.2, -0.15) is 0 Å². The SMILES string of the molecule is O=C(c1cn2c(c(O)c1=O)C(=O)N1CCOC1C2)N(Cc1ccc(F)cc1F)CC1CCCCC1. The van der Waals surface area contributed by atoms with Gasteiger partial charge in [-0.1, -0.05) is 25.3 Å². The molecule has 1 aliphatic carbocycles. The van der Waals surface area contributed by atoms with Crippen LogP contribution in [0.1, 0.15) is 58.5 Å². The molecule has 3 aliphatic rings. The van der Waals surface area contributed by atoms with Crippen molar-refractivity contribution in [1.29, 1.82) is 0 Å². The molecule has 1 saturated carbocycles. The minimum atomic E-state index is -0.943. The fourth-order valence-electron chi connectivity index (χ4n) is 5.31. The highest BCUT2D eigenvalue weighted by Gasteiger charge is 2.39. The van der Waals surface area contributed by atoms with Gasteiger partial charge in [0.1, 0.15) is 17.2 Å². The molecule has 1 aromatic carbocycles. The van der Waals surface area contributed by atoms with Crippen molar-refractivity contribution in [2.24, 2.45) is 5.92 Å². The van der Waals surface area contributed by atoms with Gasteiger partial charge in [-0.25, -0.2) is 8.78 Å². The van der Waals surface area contributed by atoms with Gasteiger partial charge in [0.25, 0.3) is 11.8 Å². The zero-order chi connectivity index (χ0) is 24.7. The molecule has 2 fully saturated rings. The molecule has 5 rings (SSSR count). The van der Waals surface area contributed by atoms with E-state index >= 15 is 0 Å². The molecule has 35 heavy (non-hydrogen) atoms. The van der Waals surface area contributed by atoms with Gasteiger partial charge in [0.15, 0.2) is 17.7 Å². The summed E-state index contributed by atoms with van der Waals surface area (Å²) < 4.78 is 34.8. The molecule has 1 N–H and O–H groups in total. The number of halogens is 2. The number of rotatable bonds is 5. The number of pyridine rings is 1. The molecule has 186 valence electrons. The van der Waals surface area contributed by atoms with E-state index in [-0.39, 0.29) is 35.8 Å². The van der Waals surface area contributed by atoms with Crippen molar-refractivity contribution < 1.29 is 28.2 Å². The van der Waals surface area contributed by atoms with Gasteiger partial charge in [-0.05, 0) is 24.8 Å². The van der Waals surface area contributed by atoms with Crippen molar-refractivity contribution in [3.63, 3.8) is 0 Å². The Balaban J connectivity index is 1.50. The maximum Gasteiger partial charge on any atom is 0.276 e. The lowest BCUT2D eigenvalue weighted by Crippen LogP contribution is -2.46. The first-order chi connectivity index (χ1) is 16.8. The number of aromatic hydroxyl groups is 1. The third-order valence-corrected chi connectivity index (χ3v) is 7.16. The minimum absolute atomic E-state index is 0.128. The first-order valence-electron chi connectivity index (χ1n) is 12.0. The molecule has 0 bridgehead atoms. The summed E-state index contributed by atoms with van der Waals surface area (Å²) >= 11 is 0. The molecule has 1 atom stereocenters. The van der Waals surface area contributed by atoms with E-state index < -0.39 is 40.9 Å². The number of amides is 2. The van der Waals surface area contributed by atoms with Crippen molar-refractivity contribution in [1.82, 2.24) is 14.4 Å². The third-order valence-electron chi connectivity index (χ3n) is 7.16. The molecule has 2 aromatic rings. The van der Waals surface area contributed by atoms with E-state index in [0.717, 1.165) is 44.2 Å². The van der Waals surface area contributed by atoms with E-state index in [9.17, 15) is 28.3 Å². The predicted octanol–water partition coefficient (Wildman–Crippen LogP) is 2.87. The number of ether oxygens (including phenoxy) is 1. The monoisotopic (exact) mass is 487 g/mol. The van der Waals surface area contributed by atoms with Gasteiger partial charge in [-0.15, -0.1) is 0 Å². The molecule has 2 aliphatic heterocycles. The lowest BCUT2D eigenvalue weighted by molar-refractivity contribution is 0.00839. The lowest BCUT2D eigenvalue weighted by atomic mass is 9.88. The van der Waals surface area contributed by atoms with Crippen LogP contribution in [0.2, 0.25) is 0 Å². The van der Waals surface area contributed by atoms with Crippen LogP contribution < -0.4 is 5.43 Å². The summed E-state index contributed by atoms with van der Waals surface area (Å²) in [5, 5.41) is 10.6. The number of aromatic nitrogens is 1. The van der Waals surface area contributed by atoms with E-state index in [2.05, 4.69) is 0 Å². The Morgan fingerprint density at radius 1 is 1.17 bits per heavy atom. The standard InChI is InChI=1S/C25H27F2N3O5/c26-17-7-6-16(19(27)10-17)12-29(11-15-4-2-1-3-5-15)24(33)18-13-28-14-20-30(8-9-35-20)25(34)21(28)23(32)22(18)31/h6-7,10,13,15,20,32H,1-5,8-9,11-12,14H2. The average molecular weight is 488 g/mol. The van der Waals surface area contributed by atoms with Crippen LogP contribution >= 0.6 is 0 Å². The minimum Gasteiger partial charge on any atom is -0.503 e. The second-order valence-electron chi connectivity index (χ2n) is 9.47. The Bertz CT molecular complexity index is 1220. The molecule has 3 heterocycles. The van der Waals surface area contributed by atoms with E-state index in [1.807, 2.05) is 0 Å². The number of carbonyl (C=O) groups is 2. The molecule has 1 saturated heterocycles. The number of nitrogens with zero attached hydrogens (tertiary/aromatic N) is 3. The summed E-state index contributed by atoms with van der Waals surface area (Å²) in [6, 6.07) is 3.17. The molecule has 0 spiro atoms. The van der Waals surface area contributed by atoms with Crippen LogP contribution in [0, 0.1) is 17.6 Å². The van der Waals surface area contributed by atoms with Crippen molar-refractivity contribution in [3.8, 4) is 5.75 Å². The van der Waals surface area contributed by atoms with Crippen LogP contribution in [0.4, 0.5) is 8.78 Å². The zero-order valence-electron chi connectivity index (χ0n) is 19.2. The first-order valence-corrected chi connectivity index (χ1v) is 12.0. The average Bonchev–Trinajstić information content (AvgIpc) is 3.32. The van der Waals surface area contributed by atoms with E-state index in [1.54, 1.807) is 0 Å². The van der Waals surface area contributed by atoms with Gasteiger partial charge in [0.2, 0.25) is 5.43 Å². The number of fused-ring (bicyclic) bond motifs is 2. The van der Waals surface area contributed by atoms with Crippen LogP contribution in [-0.4, -0.2) is 57.2 Å². The topological polar surface area (TPSA) is 92.1 Å². The fourth-order valence-corrected chi connectivity index (χ4v) is 5.31. The summed E-state index contributed by atoms with van der Waals surface area (Å²) in [5.74, 6) is -3.29.